The normalized spacial score (nSPS) is 11.6. The van der Waals surface area contributed by atoms with Gasteiger partial charge >= 0.3 is 5.97 Å². The summed E-state index contributed by atoms with van der Waals surface area (Å²) in [5.41, 5.74) is 0.807. The second kappa shape index (κ2) is 7.96. The topological polar surface area (TPSA) is 103 Å². The molecule has 1 aliphatic heterocycles. The summed E-state index contributed by atoms with van der Waals surface area (Å²) in [7, 11) is 1.25. The summed E-state index contributed by atoms with van der Waals surface area (Å²) in [4.78, 5) is 35.8. The second-order valence-electron chi connectivity index (χ2n) is 5.49. The van der Waals surface area contributed by atoms with E-state index in [-0.39, 0.29) is 29.6 Å². The number of fused-ring (bicyclic) bond motifs is 1. The Kier molecular flexibility index (Phi) is 5.46. The van der Waals surface area contributed by atoms with Crippen molar-refractivity contribution in [2.24, 2.45) is 0 Å². The van der Waals surface area contributed by atoms with Gasteiger partial charge < -0.3 is 24.8 Å². The molecule has 0 aliphatic carbocycles. The van der Waals surface area contributed by atoms with E-state index in [1.807, 2.05) is 0 Å². The van der Waals surface area contributed by atoms with E-state index in [0.717, 1.165) is 0 Å². The molecule has 0 spiro atoms. The zero-order valence-electron chi connectivity index (χ0n) is 14.2. The number of carbonyl (C=O) groups is 3. The van der Waals surface area contributed by atoms with Crippen LogP contribution in [0.5, 0.6) is 11.5 Å². The zero-order chi connectivity index (χ0) is 19.4. The van der Waals surface area contributed by atoms with Crippen molar-refractivity contribution in [3.63, 3.8) is 0 Å². The summed E-state index contributed by atoms with van der Waals surface area (Å²) in [6.07, 6.45) is 0. The first-order chi connectivity index (χ1) is 13.0. The van der Waals surface area contributed by atoms with Crippen LogP contribution in [0.25, 0.3) is 0 Å². The van der Waals surface area contributed by atoms with Crippen molar-refractivity contribution >= 4 is 35.1 Å². The molecule has 2 aromatic rings. The Morgan fingerprint density at radius 1 is 1.07 bits per heavy atom. The first-order valence-electron chi connectivity index (χ1n) is 7.83. The van der Waals surface area contributed by atoms with Gasteiger partial charge in [-0.15, -0.1) is 0 Å². The van der Waals surface area contributed by atoms with Gasteiger partial charge in [-0.1, -0.05) is 11.6 Å². The predicted octanol–water partition coefficient (Wildman–Crippen LogP) is 2.22. The summed E-state index contributed by atoms with van der Waals surface area (Å²) in [5.74, 6) is -0.480. The molecule has 8 nitrogen and oxygen atoms in total. The number of carbonyl (C=O) groups excluding carboxylic acids is 3. The Morgan fingerprint density at radius 3 is 2.59 bits per heavy atom. The van der Waals surface area contributed by atoms with Crippen LogP contribution in [0.4, 0.5) is 5.69 Å². The highest BCUT2D eigenvalue weighted by atomic mass is 35.5. The molecule has 0 saturated heterocycles. The molecular formula is C18H15ClN2O6. The minimum atomic E-state index is -0.557. The molecule has 2 aromatic carbocycles. The van der Waals surface area contributed by atoms with Crippen LogP contribution in [0.2, 0.25) is 5.02 Å². The first kappa shape index (κ1) is 18.5. The van der Waals surface area contributed by atoms with Crippen LogP contribution in [-0.4, -0.2) is 38.2 Å². The molecule has 27 heavy (non-hydrogen) atoms. The molecule has 2 N–H and O–H groups in total. The van der Waals surface area contributed by atoms with Gasteiger partial charge in [0.1, 0.15) is 0 Å². The quantitative estimate of drug-likeness (QED) is 0.759. The van der Waals surface area contributed by atoms with Crippen molar-refractivity contribution in [3.8, 4) is 11.5 Å². The minimum Gasteiger partial charge on any atom is -0.465 e. The van der Waals surface area contributed by atoms with Gasteiger partial charge in [0.15, 0.2) is 11.5 Å². The van der Waals surface area contributed by atoms with E-state index < -0.39 is 17.8 Å². The van der Waals surface area contributed by atoms with Crippen molar-refractivity contribution in [2.45, 2.75) is 0 Å². The molecule has 2 amide bonds. The van der Waals surface area contributed by atoms with Crippen molar-refractivity contribution in [3.05, 3.63) is 52.5 Å². The highest BCUT2D eigenvalue weighted by molar-refractivity contribution is 6.33. The molecular weight excluding hydrogens is 376 g/mol. The number of methoxy groups -OCH3 is 1. The molecule has 1 heterocycles. The van der Waals surface area contributed by atoms with Crippen LogP contribution >= 0.6 is 11.6 Å². The van der Waals surface area contributed by atoms with Gasteiger partial charge in [0.05, 0.1) is 29.9 Å². The number of hydrogen-bond acceptors (Lipinski definition) is 6. The second-order valence-corrected chi connectivity index (χ2v) is 5.89. The average molecular weight is 391 g/mol. The van der Waals surface area contributed by atoms with Gasteiger partial charge in [-0.25, -0.2) is 4.79 Å². The predicted molar refractivity (Wildman–Crippen MR) is 96.3 cm³/mol. The molecule has 0 radical (unpaired) electrons. The van der Waals surface area contributed by atoms with Crippen LogP contribution in [0.15, 0.2) is 36.4 Å². The summed E-state index contributed by atoms with van der Waals surface area (Å²) in [6.45, 7) is -0.180. The van der Waals surface area contributed by atoms with E-state index in [1.165, 1.54) is 31.4 Å². The summed E-state index contributed by atoms with van der Waals surface area (Å²) in [5, 5.41) is 5.28. The largest absolute Gasteiger partial charge is 0.465 e. The molecule has 0 fully saturated rings. The van der Waals surface area contributed by atoms with Crippen LogP contribution < -0.4 is 20.1 Å². The third-order valence-corrected chi connectivity index (χ3v) is 4.04. The van der Waals surface area contributed by atoms with E-state index in [2.05, 4.69) is 15.4 Å². The maximum absolute atomic E-state index is 12.2. The lowest BCUT2D eigenvalue weighted by molar-refractivity contribution is -0.115. The Bertz CT molecular complexity index is 915. The van der Waals surface area contributed by atoms with Crippen molar-refractivity contribution < 1.29 is 28.6 Å². The number of amides is 2. The third-order valence-electron chi connectivity index (χ3n) is 3.71. The number of nitrogens with one attached hydrogen (secondary N) is 2. The number of esters is 1. The molecule has 0 bridgehead atoms. The molecule has 3 rings (SSSR count). The summed E-state index contributed by atoms with van der Waals surface area (Å²) in [6, 6.07) is 9.06. The van der Waals surface area contributed by atoms with Gasteiger partial charge in [-0.2, -0.15) is 0 Å². The maximum Gasteiger partial charge on any atom is 0.337 e. The Hall–Kier alpha value is -3.26. The molecule has 0 saturated carbocycles. The Labute approximate surface area is 159 Å². The van der Waals surface area contributed by atoms with E-state index in [1.54, 1.807) is 12.1 Å². The Balaban J connectivity index is 1.60. The summed E-state index contributed by atoms with van der Waals surface area (Å²) < 4.78 is 15.0. The number of hydrogen-bond donors (Lipinski definition) is 2. The standard InChI is InChI=1S/C18H15ClN2O6/c1-25-18(24)11-2-4-12(19)13(6-11)21-16(22)8-20-17(23)10-3-5-14-15(7-10)27-9-26-14/h2-7H,8-9H2,1H3,(H,20,23)(H,21,22). The number of halogens is 1. The van der Waals surface area contributed by atoms with Gasteiger partial charge in [0, 0.05) is 5.56 Å². The van der Waals surface area contributed by atoms with E-state index in [4.69, 9.17) is 21.1 Å². The average Bonchev–Trinajstić information content (AvgIpc) is 3.15. The summed E-state index contributed by atoms with van der Waals surface area (Å²) >= 11 is 6.02. The molecule has 0 atom stereocenters. The smallest absolute Gasteiger partial charge is 0.337 e. The zero-order valence-corrected chi connectivity index (χ0v) is 15.0. The number of rotatable bonds is 5. The van der Waals surface area contributed by atoms with Gasteiger partial charge in [-0.3, -0.25) is 9.59 Å². The lowest BCUT2D eigenvalue weighted by Crippen LogP contribution is -2.32. The first-order valence-corrected chi connectivity index (χ1v) is 8.21. The van der Waals surface area contributed by atoms with Crippen LogP contribution in [0.3, 0.4) is 0 Å². The molecule has 0 aromatic heterocycles. The van der Waals surface area contributed by atoms with Crippen LogP contribution in [0.1, 0.15) is 20.7 Å². The monoisotopic (exact) mass is 390 g/mol. The fourth-order valence-corrected chi connectivity index (χ4v) is 2.53. The van der Waals surface area contributed by atoms with Crippen LogP contribution in [0, 0.1) is 0 Å². The number of ether oxygens (including phenoxy) is 3. The lowest BCUT2D eigenvalue weighted by Gasteiger charge is -2.10. The molecule has 1 aliphatic rings. The van der Waals surface area contributed by atoms with Gasteiger partial charge in [0.2, 0.25) is 12.7 Å². The number of anilines is 1. The minimum absolute atomic E-state index is 0.105. The van der Waals surface area contributed by atoms with E-state index >= 15 is 0 Å². The van der Waals surface area contributed by atoms with Crippen LogP contribution in [-0.2, 0) is 9.53 Å². The van der Waals surface area contributed by atoms with Crippen molar-refractivity contribution in [1.82, 2.24) is 5.32 Å². The SMILES string of the molecule is COC(=O)c1ccc(Cl)c(NC(=O)CNC(=O)c2ccc3c(c2)OCO3)c1. The Morgan fingerprint density at radius 2 is 1.81 bits per heavy atom. The number of benzene rings is 2. The van der Waals surface area contributed by atoms with Gasteiger partial charge in [0.25, 0.3) is 5.91 Å². The van der Waals surface area contributed by atoms with E-state index in [0.29, 0.717) is 17.1 Å². The lowest BCUT2D eigenvalue weighted by atomic mass is 10.2. The molecule has 140 valence electrons. The maximum atomic E-state index is 12.2. The highest BCUT2D eigenvalue weighted by Crippen LogP contribution is 2.32. The van der Waals surface area contributed by atoms with E-state index in [9.17, 15) is 14.4 Å². The molecule has 9 heteroatoms. The van der Waals surface area contributed by atoms with Crippen molar-refractivity contribution in [2.75, 3.05) is 25.8 Å². The third kappa shape index (κ3) is 4.29. The highest BCUT2D eigenvalue weighted by Gasteiger charge is 2.17. The fourth-order valence-electron chi connectivity index (χ4n) is 2.36. The molecule has 0 unspecified atom stereocenters. The van der Waals surface area contributed by atoms with Gasteiger partial charge in [-0.05, 0) is 36.4 Å². The van der Waals surface area contributed by atoms with Crippen molar-refractivity contribution in [1.29, 1.82) is 0 Å². The fraction of sp³-hybridized carbons (Fsp3) is 0.167.